The zero-order chi connectivity index (χ0) is 24.5. The molecule has 0 saturated carbocycles. The molecule has 3 aromatic rings. The van der Waals surface area contributed by atoms with Crippen LogP contribution in [-0.2, 0) is 16.4 Å². The predicted octanol–water partition coefficient (Wildman–Crippen LogP) is 5.30. The molecule has 180 valence electrons. The van der Waals surface area contributed by atoms with Crippen molar-refractivity contribution in [2.24, 2.45) is 5.92 Å². The van der Waals surface area contributed by atoms with E-state index in [0.717, 1.165) is 11.6 Å². The fraction of sp³-hybridized carbons (Fsp3) is 0.417. The van der Waals surface area contributed by atoms with Crippen LogP contribution in [0.3, 0.4) is 0 Å². The first-order valence-corrected chi connectivity index (χ1v) is 11.0. The van der Waals surface area contributed by atoms with Gasteiger partial charge in [-0.3, -0.25) is 4.79 Å². The Morgan fingerprint density at radius 2 is 1.88 bits per heavy atom. The van der Waals surface area contributed by atoms with E-state index >= 15 is 0 Å². The first-order valence-electron chi connectivity index (χ1n) is 11.0. The summed E-state index contributed by atoms with van der Waals surface area (Å²) in [4.78, 5) is 22.8. The Balaban J connectivity index is 1.43. The van der Waals surface area contributed by atoms with Gasteiger partial charge in [0.25, 0.3) is 0 Å². The van der Waals surface area contributed by atoms with E-state index in [1.54, 1.807) is 29.2 Å². The van der Waals surface area contributed by atoms with Crippen molar-refractivity contribution in [3.63, 3.8) is 0 Å². The zero-order valence-corrected chi connectivity index (χ0v) is 19.2. The van der Waals surface area contributed by atoms with E-state index in [1.807, 2.05) is 20.8 Å². The lowest BCUT2D eigenvalue weighted by molar-refractivity contribution is -0.137. The molecule has 1 aliphatic heterocycles. The third-order valence-electron chi connectivity index (χ3n) is 5.66. The first-order chi connectivity index (χ1) is 16.0. The number of pyridine rings is 1. The highest BCUT2D eigenvalue weighted by molar-refractivity contribution is 5.93. The van der Waals surface area contributed by atoms with Crippen molar-refractivity contribution in [1.82, 2.24) is 15.1 Å². The highest BCUT2D eigenvalue weighted by atomic mass is 19.4. The van der Waals surface area contributed by atoms with Gasteiger partial charge in [-0.15, -0.1) is 0 Å². The van der Waals surface area contributed by atoms with Gasteiger partial charge in [0.2, 0.25) is 17.6 Å². The number of hydrogen-bond donors (Lipinski definition) is 1. The zero-order valence-electron chi connectivity index (χ0n) is 19.2. The van der Waals surface area contributed by atoms with Gasteiger partial charge in [-0.1, -0.05) is 25.9 Å². The Morgan fingerprint density at radius 1 is 1.15 bits per heavy atom. The van der Waals surface area contributed by atoms with Gasteiger partial charge in [-0.25, -0.2) is 4.98 Å². The van der Waals surface area contributed by atoms with Crippen LogP contribution in [-0.4, -0.2) is 34.1 Å². The average molecular weight is 473 g/mol. The number of carbonyl (C=O) groups is 1. The van der Waals surface area contributed by atoms with Crippen LogP contribution in [0.4, 0.5) is 24.7 Å². The predicted molar refractivity (Wildman–Crippen MR) is 121 cm³/mol. The van der Waals surface area contributed by atoms with Gasteiger partial charge in [0.15, 0.2) is 0 Å². The van der Waals surface area contributed by atoms with Gasteiger partial charge in [-0.05, 0) is 49.2 Å². The normalized spacial score (nSPS) is 17.0. The Labute approximate surface area is 195 Å². The van der Waals surface area contributed by atoms with Gasteiger partial charge < -0.3 is 14.7 Å². The molecule has 34 heavy (non-hydrogen) atoms. The standard InChI is InChI=1S/C24H26F3N5O2/c1-23(2,3)22-30-19(31-34-22)15-8-10-17(11-9-15)29-21(33)16-6-5-13-32(14-16)20-18(24(25,26)27)7-4-12-28-20/h4,7-12,16H,5-6,13-14H2,1-3H3,(H,29,33). The number of rotatable bonds is 4. The molecule has 2 aromatic heterocycles. The van der Waals surface area contributed by atoms with Crippen molar-refractivity contribution in [3.8, 4) is 11.4 Å². The van der Waals surface area contributed by atoms with Crippen LogP contribution in [0.5, 0.6) is 0 Å². The van der Waals surface area contributed by atoms with Crippen molar-refractivity contribution in [2.45, 2.75) is 45.2 Å². The van der Waals surface area contributed by atoms with Crippen molar-refractivity contribution in [1.29, 1.82) is 0 Å². The van der Waals surface area contributed by atoms with Crippen LogP contribution < -0.4 is 10.2 Å². The fourth-order valence-corrected chi connectivity index (χ4v) is 3.85. The van der Waals surface area contributed by atoms with Crippen LogP contribution in [0.25, 0.3) is 11.4 Å². The van der Waals surface area contributed by atoms with Crippen LogP contribution in [0.2, 0.25) is 0 Å². The number of nitrogens with one attached hydrogen (secondary N) is 1. The summed E-state index contributed by atoms with van der Waals surface area (Å²) >= 11 is 0. The number of halogens is 3. The van der Waals surface area contributed by atoms with E-state index < -0.39 is 17.7 Å². The second-order valence-electron chi connectivity index (χ2n) is 9.40. The molecule has 0 radical (unpaired) electrons. The molecule has 0 spiro atoms. The molecule has 10 heteroatoms. The summed E-state index contributed by atoms with van der Waals surface area (Å²) in [7, 11) is 0. The molecule has 1 atom stereocenters. The molecule has 1 saturated heterocycles. The van der Waals surface area contributed by atoms with Gasteiger partial charge in [0, 0.05) is 36.0 Å². The van der Waals surface area contributed by atoms with E-state index in [1.165, 1.54) is 12.3 Å². The summed E-state index contributed by atoms with van der Waals surface area (Å²) in [6, 6.07) is 9.32. The van der Waals surface area contributed by atoms with E-state index in [9.17, 15) is 18.0 Å². The van der Waals surface area contributed by atoms with E-state index in [-0.39, 0.29) is 23.7 Å². The third-order valence-corrected chi connectivity index (χ3v) is 5.66. The molecular weight excluding hydrogens is 447 g/mol. The lowest BCUT2D eigenvalue weighted by Crippen LogP contribution is -2.42. The monoisotopic (exact) mass is 473 g/mol. The number of benzene rings is 1. The molecule has 1 N–H and O–H groups in total. The number of amides is 1. The van der Waals surface area contributed by atoms with E-state index in [4.69, 9.17) is 4.52 Å². The molecule has 1 aliphatic rings. The summed E-state index contributed by atoms with van der Waals surface area (Å²) in [5, 5.41) is 6.88. The smallest absolute Gasteiger partial charge is 0.355 e. The van der Waals surface area contributed by atoms with Crippen molar-refractivity contribution < 1.29 is 22.5 Å². The summed E-state index contributed by atoms with van der Waals surface area (Å²) < 4.78 is 45.5. The molecule has 4 rings (SSSR count). The third kappa shape index (κ3) is 5.21. The topological polar surface area (TPSA) is 84.2 Å². The van der Waals surface area contributed by atoms with Crippen molar-refractivity contribution in [2.75, 3.05) is 23.3 Å². The summed E-state index contributed by atoms with van der Waals surface area (Å²) in [5.41, 5.74) is 0.279. The minimum absolute atomic E-state index is 0.133. The largest absolute Gasteiger partial charge is 0.419 e. The minimum Gasteiger partial charge on any atom is -0.355 e. The molecule has 1 amide bonds. The average Bonchev–Trinajstić information content (AvgIpc) is 3.30. The first kappa shape index (κ1) is 23.7. The quantitative estimate of drug-likeness (QED) is 0.553. The maximum atomic E-state index is 13.4. The molecule has 1 unspecified atom stereocenters. The maximum Gasteiger partial charge on any atom is 0.419 e. The van der Waals surface area contributed by atoms with Crippen molar-refractivity contribution >= 4 is 17.4 Å². The lowest BCUT2D eigenvalue weighted by Gasteiger charge is -2.34. The van der Waals surface area contributed by atoms with Crippen LogP contribution in [0, 0.1) is 5.92 Å². The minimum atomic E-state index is -4.51. The summed E-state index contributed by atoms with van der Waals surface area (Å²) in [6.07, 6.45) is -1.98. The van der Waals surface area contributed by atoms with Crippen LogP contribution in [0.15, 0.2) is 47.1 Å². The molecule has 0 bridgehead atoms. The lowest BCUT2D eigenvalue weighted by atomic mass is 9.96. The van der Waals surface area contributed by atoms with Gasteiger partial charge in [0.05, 0.1) is 11.5 Å². The van der Waals surface area contributed by atoms with Crippen LogP contribution in [0.1, 0.15) is 45.1 Å². The van der Waals surface area contributed by atoms with Crippen LogP contribution >= 0.6 is 0 Å². The SMILES string of the molecule is CC(C)(C)c1nc(-c2ccc(NC(=O)C3CCCN(c4ncccc4C(F)(F)F)C3)cc2)no1. The number of nitrogens with zero attached hydrogens (tertiary/aromatic N) is 4. The number of piperidine rings is 1. The molecule has 1 fully saturated rings. The van der Waals surface area contributed by atoms with E-state index in [2.05, 4.69) is 20.4 Å². The highest BCUT2D eigenvalue weighted by Crippen LogP contribution is 2.36. The number of alkyl halides is 3. The van der Waals surface area contributed by atoms with E-state index in [0.29, 0.717) is 36.8 Å². The number of anilines is 2. The number of hydrogen-bond acceptors (Lipinski definition) is 6. The number of aromatic nitrogens is 3. The maximum absolute atomic E-state index is 13.4. The molecule has 1 aromatic carbocycles. The molecule has 3 heterocycles. The van der Waals surface area contributed by atoms with Gasteiger partial charge in [-0.2, -0.15) is 18.2 Å². The highest BCUT2D eigenvalue weighted by Gasteiger charge is 2.37. The summed E-state index contributed by atoms with van der Waals surface area (Å²) in [6.45, 7) is 6.52. The Bertz CT molecular complexity index is 1150. The molecular formula is C24H26F3N5O2. The van der Waals surface area contributed by atoms with Gasteiger partial charge in [0.1, 0.15) is 5.82 Å². The Kier molecular flexibility index (Phi) is 6.33. The Hall–Kier alpha value is -3.43. The van der Waals surface area contributed by atoms with Gasteiger partial charge >= 0.3 is 6.18 Å². The molecule has 0 aliphatic carbocycles. The fourth-order valence-electron chi connectivity index (χ4n) is 3.85. The second-order valence-corrected chi connectivity index (χ2v) is 9.40. The second kappa shape index (κ2) is 9.08. The summed E-state index contributed by atoms with van der Waals surface area (Å²) in [5.74, 6) is 0.163. The Morgan fingerprint density at radius 3 is 2.53 bits per heavy atom. The molecule has 7 nitrogen and oxygen atoms in total. The number of carbonyl (C=O) groups excluding carboxylic acids is 1. The van der Waals surface area contributed by atoms with Crippen molar-refractivity contribution in [3.05, 3.63) is 54.0 Å².